The van der Waals surface area contributed by atoms with Crippen molar-refractivity contribution in [3.05, 3.63) is 59.7 Å². The van der Waals surface area contributed by atoms with Crippen LogP contribution in [-0.2, 0) is 0 Å². The Morgan fingerprint density at radius 2 is 1.56 bits per heavy atom. The molecule has 0 aliphatic heterocycles. The summed E-state index contributed by atoms with van der Waals surface area (Å²) >= 11 is 0. The molecule has 18 heavy (non-hydrogen) atoms. The lowest BCUT2D eigenvalue weighted by molar-refractivity contribution is 0.101. The van der Waals surface area contributed by atoms with Gasteiger partial charge < -0.3 is 5.32 Å². The second kappa shape index (κ2) is 5.00. The Kier molecular flexibility index (Phi) is 3.41. The molecule has 90 valence electrons. The van der Waals surface area contributed by atoms with Gasteiger partial charge in [0.1, 0.15) is 25.0 Å². The summed E-state index contributed by atoms with van der Waals surface area (Å²) < 4.78 is 26.7. The van der Waals surface area contributed by atoms with Crippen LogP contribution in [0.4, 0.5) is 14.5 Å². The zero-order valence-corrected chi connectivity index (χ0v) is 9.71. The summed E-state index contributed by atoms with van der Waals surface area (Å²) in [7, 11) is 1.90. The second-order valence-corrected chi connectivity index (χ2v) is 3.92. The molecule has 0 aliphatic rings. The van der Waals surface area contributed by atoms with Crippen LogP contribution in [0.3, 0.4) is 0 Å². The Hall–Kier alpha value is -2.17. The maximum atomic E-state index is 13.4. The first-order valence-corrected chi connectivity index (χ1v) is 5.40. The minimum atomic E-state index is -0.875. The Morgan fingerprint density at radius 1 is 1.00 bits per heavy atom. The molecule has 0 bridgehead atoms. The molecule has 0 saturated heterocycles. The Labute approximate surface area is 104 Å². The number of hydrogen-bond acceptors (Lipinski definition) is 1. The van der Waals surface area contributed by atoms with Crippen LogP contribution in [0, 0.1) is 11.6 Å². The van der Waals surface area contributed by atoms with E-state index in [2.05, 4.69) is 5.32 Å². The van der Waals surface area contributed by atoms with Crippen LogP contribution < -0.4 is 10.8 Å². The van der Waals surface area contributed by atoms with Crippen molar-refractivity contribution in [1.82, 2.24) is 0 Å². The van der Waals surface area contributed by atoms with Crippen LogP contribution in [0.15, 0.2) is 42.5 Å². The molecular formula is C13H10BF2NO. The van der Waals surface area contributed by atoms with E-state index >= 15 is 0 Å². The first kappa shape index (κ1) is 12.3. The molecule has 2 aromatic carbocycles. The predicted molar refractivity (Wildman–Crippen MR) is 68.9 cm³/mol. The van der Waals surface area contributed by atoms with Gasteiger partial charge in [-0.25, -0.2) is 8.78 Å². The highest BCUT2D eigenvalue weighted by atomic mass is 19.1. The fourth-order valence-corrected chi connectivity index (χ4v) is 1.55. The van der Waals surface area contributed by atoms with Crippen LogP contribution in [0.25, 0.3) is 0 Å². The summed E-state index contributed by atoms with van der Waals surface area (Å²) in [5, 5.41) is 2.45. The number of anilines is 1. The van der Waals surface area contributed by atoms with Crippen LogP contribution in [-0.4, -0.2) is 13.8 Å². The lowest BCUT2D eigenvalue weighted by atomic mass is 9.96. The van der Waals surface area contributed by atoms with E-state index in [4.69, 9.17) is 0 Å². The van der Waals surface area contributed by atoms with Crippen molar-refractivity contribution in [2.24, 2.45) is 0 Å². The molecule has 0 aliphatic carbocycles. The molecule has 0 heterocycles. The molecule has 0 aromatic heterocycles. The number of nitrogens with one attached hydrogen (secondary N) is 1. The smallest absolute Gasteiger partial charge is 0.261 e. The fraction of sp³-hybridized carbons (Fsp3) is 0. The average molecular weight is 245 g/mol. The van der Waals surface area contributed by atoms with Crippen molar-refractivity contribution in [3.63, 3.8) is 0 Å². The maximum absolute atomic E-state index is 13.4. The van der Waals surface area contributed by atoms with E-state index < -0.39 is 23.1 Å². The van der Waals surface area contributed by atoms with E-state index in [0.717, 1.165) is 17.6 Å². The van der Waals surface area contributed by atoms with Crippen LogP contribution in [0.5, 0.6) is 0 Å². The highest BCUT2D eigenvalue weighted by Gasteiger charge is 2.16. The Bertz CT molecular complexity index is 564. The number of hydrogen-bond donors (Lipinski definition) is 1. The molecule has 0 unspecified atom stereocenters. The van der Waals surface area contributed by atoms with Crippen molar-refractivity contribution < 1.29 is 13.6 Å². The highest BCUT2D eigenvalue weighted by molar-refractivity contribution is 6.32. The maximum Gasteiger partial charge on any atom is 0.261 e. The highest BCUT2D eigenvalue weighted by Crippen LogP contribution is 2.14. The molecule has 2 aromatic rings. The van der Waals surface area contributed by atoms with Crippen molar-refractivity contribution in [1.29, 1.82) is 0 Å². The van der Waals surface area contributed by atoms with Gasteiger partial charge in [0.15, 0.2) is 0 Å². The number of rotatable bonds is 2. The van der Waals surface area contributed by atoms with Crippen LogP contribution in [0.2, 0.25) is 0 Å². The molecule has 5 heteroatoms. The molecule has 1 amide bonds. The first-order valence-electron chi connectivity index (χ1n) is 5.40. The third kappa shape index (κ3) is 2.56. The Morgan fingerprint density at radius 3 is 2.11 bits per heavy atom. The van der Waals surface area contributed by atoms with Gasteiger partial charge in [-0.2, -0.15) is 0 Å². The van der Waals surface area contributed by atoms with Gasteiger partial charge in [0.05, 0.1) is 0 Å². The minimum Gasteiger partial charge on any atom is -0.322 e. The van der Waals surface area contributed by atoms with Gasteiger partial charge in [0.2, 0.25) is 0 Å². The number of amides is 1. The summed E-state index contributed by atoms with van der Waals surface area (Å²) in [6.45, 7) is 0. The van der Waals surface area contributed by atoms with Gasteiger partial charge in [-0.1, -0.05) is 23.7 Å². The lowest BCUT2D eigenvalue weighted by Crippen LogP contribution is -2.16. The number of benzene rings is 2. The van der Waals surface area contributed by atoms with E-state index in [1.165, 1.54) is 6.07 Å². The quantitative estimate of drug-likeness (QED) is 0.797. The van der Waals surface area contributed by atoms with Crippen LogP contribution >= 0.6 is 0 Å². The Balaban J connectivity index is 2.25. The lowest BCUT2D eigenvalue weighted by Gasteiger charge is -2.07. The van der Waals surface area contributed by atoms with Crippen LogP contribution in [0.1, 0.15) is 10.4 Å². The number of carbonyl (C=O) groups is 1. The monoisotopic (exact) mass is 245 g/mol. The van der Waals surface area contributed by atoms with E-state index in [1.807, 2.05) is 7.85 Å². The molecule has 0 saturated carbocycles. The van der Waals surface area contributed by atoms with E-state index in [0.29, 0.717) is 5.69 Å². The summed E-state index contributed by atoms with van der Waals surface area (Å²) in [4.78, 5) is 11.7. The molecule has 0 fully saturated rings. The zero-order valence-electron chi connectivity index (χ0n) is 9.71. The molecule has 0 atom stereocenters. The standard InChI is InChI=1S/C13H10BF2NO/c14-8-4-6-9(7-5-8)17-13(18)12-10(15)2-1-3-11(12)16/h1-7H,14H2,(H,17,18). The summed E-state index contributed by atoms with van der Waals surface area (Å²) in [6.07, 6.45) is 0. The van der Waals surface area contributed by atoms with E-state index in [9.17, 15) is 13.6 Å². The minimum absolute atomic E-state index is 0.494. The summed E-state index contributed by atoms with van der Waals surface area (Å²) in [5.74, 6) is -2.55. The average Bonchev–Trinajstić information content (AvgIpc) is 2.32. The predicted octanol–water partition coefficient (Wildman–Crippen LogP) is 1.48. The zero-order chi connectivity index (χ0) is 13.1. The summed E-state index contributed by atoms with van der Waals surface area (Å²) in [6, 6.07) is 10.3. The molecule has 2 rings (SSSR count). The molecular weight excluding hydrogens is 235 g/mol. The van der Waals surface area contributed by atoms with Gasteiger partial charge in [-0.15, -0.1) is 0 Å². The first-order chi connectivity index (χ1) is 8.58. The molecule has 1 N–H and O–H groups in total. The fourth-order valence-electron chi connectivity index (χ4n) is 1.55. The van der Waals surface area contributed by atoms with E-state index in [-0.39, 0.29) is 0 Å². The topological polar surface area (TPSA) is 29.1 Å². The summed E-state index contributed by atoms with van der Waals surface area (Å²) in [5.41, 5.74) is 0.955. The van der Waals surface area contributed by atoms with Gasteiger partial charge in [-0.3, -0.25) is 4.79 Å². The van der Waals surface area contributed by atoms with Gasteiger partial charge in [0.25, 0.3) is 5.91 Å². The third-order valence-corrected chi connectivity index (χ3v) is 2.50. The van der Waals surface area contributed by atoms with Gasteiger partial charge >= 0.3 is 0 Å². The van der Waals surface area contributed by atoms with Gasteiger partial charge in [0, 0.05) is 5.69 Å². The SMILES string of the molecule is Bc1ccc(NC(=O)c2c(F)cccc2F)cc1. The largest absolute Gasteiger partial charge is 0.322 e. The van der Waals surface area contributed by atoms with Gasteiger partial charge in [-0.05, 0) is 24.3 Å². The molecule has 0 spiro atoms. The van der Waals surface area contributed by atoms with Crippen molar-refractivity contribution >= 4 is 24.9 Å². The van der Waals surface area contributed by atoms with E-state index in [1.54, 1.807) is 24.3 Å². The molecule has 2 nitrogen and oxygen atoms in total. The number of halogens is 2. The second-order valence-electron chi connectivity index (χ2n) is 3.92. The van der Waals surface area contributed by atoms with Crippen molar-refractivity contribution in [2.45, 2.75) is 0 Å². The normalized spacial score (nSPS) is 10.1. The number of carbonyl (C=O) groups excluding carboxylic acids is 1. The van der Waals surface area contributed by atoms with Crippen molar-refractivity contribution in [3.8, 4) is 0 Å². The molecule has 0 radical (unpaired) electrons. The third-order valence-electron chi connectivity index (χ3n) is 2.50. The van der Waals surface area contributed by atoms with Crippen molar-refractivity contribution in [2.75, 3.05) is 5.32 Å².